The smallest absolute Gasteiger partial charge is 0.277 e. The molecule has 1 fully saturated rings. The van der Waals surface area contributed by atoms with Crippen LogP contribution in [0, 0.1) is 5.92 Å². The van der Waals surface area contributed by atoms with Crippen molar-refractivity contribution < 1.29 is 18.3 Å². The zero-order chi connectivity index (χ0) is 16.3. The lowest BCUT2D eigenvalue weighted by molar-refractivity contribution is -0.0654. The SMILES string of the molecule is COC1(CNC(=O)c2s[nH]c(=O)c2Cl)CCC(C(F)F)CC1. The second kappa shape index (κ2) is 7.06. The number of hydrogen-bond donors (Lipinski definition) is 2. The lowest BCUT2D eigenvalue weighted by Gasteiger charge is -2.39. The molecule has 1 saturated carbocycles. The number of carbonyl (C=O) groups excluding carboxylic acids is 1. The molecule has 1 aromatic rings. The predicted octanol–water partition coefficient (Wildman–Crippen LogP) is 2.66. The van der Waals surface area contributed by atoms with Crippen molar-refractivity contribution in [2.75, 3.05) is 13.7 Å². The zero-order valence-electron chi connectivity index (χ0n) is 12.0. The first kappa shape index (κ1) is 17.4. The number of alkyl halides is 2. The molecule has 0 aromatic carbocycles. The molecule has 2 rings (SSSR count). The van der Waals surface area contributed by atoms with Crippen LogP contribution in [-0.4, -0.2) is 36.0 Å². The van der Waals surface area contributed by atoms with E-state index in [9.17, 15) is 18.4 Å². The molecule has 0 aliphatic heterocycles. The van der Waals surface area contributed by atoms with Crippen LogP contribution in [0.2, 0.25) is 5.02 Å². The second-order valence-electron chi connectivity index (χ2n) is 5.42. The van der Waals surface area contributed by atoms with Gasteiger partial charge in [-0.05, 0) is 25.7 Å². The summed E-state index contributed by atoms with van der Waals surface area (Å²) >= 11 is 6.60. The molecule has 1 amide bonds. The van der Waals surface area contributed by atoms with Crippen LogP contribution in [0.3, 0.4) is 0 Å². The van der Waals surface area contributed by atoms with Gasteiger partial charge in [0.2, 0.25) is 6.43 Å². The highest BCUT2D eigenvalue weighted by atomic mass is 35.5. The number of halogens is 3. The van der Waals surface area contributed by atoms with Crippen LogP contribution >= 0.6 is 23.1 Å². The van der Waals surface area contributed by atoms with Crippen molar-refractivity contribution >= 4 is 29.0 Å². The van der Waals surface area contributed by atoms with E-state index in [2.05, 4.69) is 9.69 Å². The first-order valence-corrected chi connectivity index (χ1v) is 8.06. The zero-order valence-corrected chi connectivity index (χ0v) is 13.5. The second-order valence-corrected chi connectivity index (χ2v) is 6.61. The summed E-state index contributed by atoms with van der Waals surface area (Å²) in [5, 5.41) is 2.53. The highest BCUT2D eigenvalue weighted by molar-refractivity contribution is 7.08. The summed E-state index contributed by atoms with van der Waals surface area (Å²) in [5.74, 6) is -1.08. The third kappa shape index (κ3) is 3.67. The van der Waals surface area contributed by atoms with Gasteiger partial charge < -0.3 is 10.1 Å². The number of methoxy groups -OCH3 is 1. The molecule has 124 valence electrons. The first-order valence-electron chi connectivity index (χ1n) is 6.87. The largest absolute Gasteiger partial charge is 0.376 e. The third-order valence-corrected chi connectivity index (χ3v) is 5.51. The van der Waals surface area contributed by atoms with E-state index < -0.39 is 29.4 Å². The fraction of sp³-hybridized carbons (Fsp3) is 0.692. The van der Waals surface area contributed by atoms with Gasteiger partial charge in [0.05, 0.1) is 5.60 Å². The Morgan fingerprint density at radius 1 is 1.55 bits per heavy atom. The molecular formula is C13H17ClF2N2O3S. The van der Waals surface area contributed by atoms with Gasteiger partial charge in [-0.3, -0.25) is 14.0 Å². The Kier molecular flexibility index (Phi) is 5.57. The number of nitrogens with one attached hydrogen (secondary N) is 2. The van der Waals surface area contributed by atoms with E-state index in [4.69, 9.17) is 16.3 Å². The minimum Gasteiger partial charge on any atom is -0.376 e. The van der Waals surface area contributed by atoms with Crippen LogP contribution in [0.15, 0.2) is 4.79 Å². The molecule has 9 heteroatoms. The standard InChI is InChI=1S/C13H17ClF2N2O3S/c1-21-13(4-2-7(3-5-13)10(15)16)6-17-12(20)9-8(14)11(19)18-22-9/h7,10H,2-6H2,1H3,(H,17,20)(H,18,19). The molecule has 0 radical (unpaired) electrons. The number of aromatic amines is 1. The molecule has 0 spiro atoms. The number of hydrogen-bond acceptors (Lipinski definition) is 4. The molecule has 0 unspecified atom stereocenters. The van der Waals surface area contributed by atoms with E-state index in [0.29, 0.717) is 25.7 Å². The Hall–Kier alpha value is -0.990. The lowest BCUT2D eigenvalue weighted by atomic mass is 9.78. The van der Waals surface area contributed by atoms with E-state index in [-0.39, 0.29) is 16.4 Å². The summed E-state index contributed by atoms with van der Waals surface area (Å²) in [7, 11) is 1.51. The lowest BCUT2D eigenvalue weighted by Crippen LogP contribution is -2.47. The van der Waals surface area contributed by atoms with E-state index in [1.165, 1.54) is 7.11 Å². The minimum absolute atomic E-state index is 0.110. The normalized spacial score (nSPS) is 25.4. The van der Waals surface area contributed by atoms with Gasteiger partial charge in [0, 0.05) is 19.6 Å². The highest BCUT2D eigenvalue weighted by Gasteiger charge is 2.38. The number of amides is 1. The Morgan fingerprint density at radius 2 is 2.18 bits per heavy atom. The molecular weight excluding hydrogens is 338 g/mol. The van der Waals surface area contributed by atoms with Crippen LogP contribution in [0.1, 0.15) is 35.4 Å². The first-order chi connectivity index (χ1) is 10.4. The fourth-order valence-corrected chi connectivity index (χ4v) is 3.58. The number of ether oxygens (including phenoxy) is 1. The number of carbonyl (C=O) groups is 1. The van der Waals surface area contributed by atoms with Crippen molar-refractivity contribution in [1.29, 1.82) is 0 Å². The average Bonchev–Trinajstić information content (AvgIpc) is 2.85. The quantitative estimate of drug-likeness (QED) is 0.854. The van der Waals surface area contributed by atoms with E-state index >= 15 is 0 Å². The molecule has 1 aliphatic rings. The Balaban J connectivity index is 1.96. The molecule has 0 bridgehead atoms. The maximum atomic E-state index is 12.7. The van der Waals surface area contributed by atoms with Crippen molar-refractivity contribution in [2.45, 2.75) is 37.7 Å². The number of H-pyrrole nitrogens is 1. The van der Waals surface area contributed by atoms with E-state index in [1.807, 2.05) is 0 Å². The Labute approximate surface area is 135 Å². The fourth-order valence-electron chi connectivity index (χ4n) is 2.63. The van der Waals surface area contributed by atoms with Crippen LogP contribution in [-0.2, 0) is 4.74 Å². The number of rotatable bonds is 5. The summed E-state index contributed by atoms with van der Waals surface area (Å²) in [6.45, 7) is 0.195. The third-order valence-electron chi connectivity index (χ3n) is 4.15. The Bertz CT molecular complexity index is 582. The molecule has 0 atom stereocenters. The van der Waals surface area contributed by atoms with Crippen molar-refractivity contribution in [3.8, 4) is 0 Å². The van der Waals surface area contributed by atoms with Crippen molar-refractivity contribution in [2.24, 2.45) is 5.92 Å². The highest BCUT2D eigenvalue weighted by Crippen LogP contribution is 2.37. The van der Waals surface area contributed by atoms with Gasteiger partial charge in [-0.2, -0.15) is 0 Å². The Morgan fingerprint density at radius 3 is 2.64 bits per heavy atom. The van der Waals surface area contributed by atoms with Gasteiger partial charge in [0.1, 0.15) is 9.90 Å². The summed E-state index contributed by atoms with van der Waals surface area (Å²) < 4.78 is 33.2. The molecule has 0 saturated heterocycles. The van der Waals surface area contributed by atoms with Crippen LogP contribution in [0.5, 0.6) is 0 Å². The van der Waals surface area contributed by atoms with Crippen LogP contribution < -0.4 is 10.9 Å². The van der Waals surface area contributed by atoms with Gasteiger partial charge in [0.25, 0.3) is 11.5 Å². The molecule has 1 heterocycles. The van der Waals surface area contributed by atoms with E-state index in [1.54, 1.807) is 0 Å². The van der Waals surface area contributed by atoms with Crippen molar-refractivity contribution in [3.05, 3.63) is 20.3 Å². The van der Waals surface area contributed by atoms with Gasteiger partial charge in [-0.25, -0.2) is 8.78 Å². The maximum absolute atomic E-state index is 12.7. The van der Waals surface area contributed by atoms with Crippen molar-refractivity contribution in [1.82, 2.24) is 9.69 Å². The van der Waals surface area contributed by atoms with Gasteiger partial charge in [-0.15, -0.1) is 0 Å². The molecule has 1 aromatic heterocycles. The average molecular weight is 355 g/mol. The minimum atomic E-state index is -2.32. The van der Waals surface area contributed by atoms with Gasteiger partial charge >= 0.3 is 0 Å². The summed E-state index contributed by atoms with van der Waals surface area (Å²) in [6.07, 6.45) is -0.689. The maximum Gasteiger partial charge on any atom is 0.277 e. The summed E-state index contributed by atoms with van der Waals surface area (Å²) in [4.78, 5) is 23.4. The predicted molar refractivity (Wildman–Crippen MR) is 80.0 cm³/mol. The van der Waals surface area contributed by atoms with Gasteiger partial charge in [-0.1, -0.05) is 23.1 Å². The van der Waals surface area contributed by atoms with Gasteiger partial charge in [0.15, 0.2) is 0 Å². The van der Waals surface area contributed by atoms with Crippen molar-refractivity contribution in [3.63, 3.8) is 0 Å². The summed E-state index contributed by atoms with van der Waals surface area (Å²) in [5.41, 5.74) is -1.15. The molecule has 5 nitrogen and oxygen atoms in total. The topological polar surface area (TPSA) is 71.2 Å². The summed E-state index contributed by atoms with van der Waals surface area (Å²) in [6, 6.07) is 0. The molecule has 1 aliphatic carbocycles. The molecule has 22 heavy (non-hydrogen) atoms. The monoisotopic (exact) mass is 354 g/mol. The van der Waals surface area contributed by atoms with Crippen LogP contribution in [0.25, 0.3) is 0 Å². The van der Waals surface area contributed by atoms with E-state index in [0.717, 1.165) is 11.5 Å². The van der Waals surface area contributed by atoms with Crippen LogP contribution in [0.4, 0.5) is 8.78 Å². The molecule has 2 N–H and O–H groups in total. The number of aromatic nitrogens is 1.